The van der Waals surface area contributed by atoms with E-state index < -0.39 is 53.1 Å². The van der Waals surface area contributed by atoms with Crippen LogP contribution in [-0.2, 0) is 4.74 Å². The summed E-state index contributed by atoms with van der Waals surface area (Å²) in [6.07, 6.45) is 0.611. The number of aliphatic hydroxyl groups excluding tert-OH is 3. The van der Waals surface area contributed by atoms with Crippen molar-refractivity contribution in [3.63, 3.8) is 0 Å². The van der Waals surface area contributed by atoms with E-state index in [1.54, 1.807) is 6.07 Å². The Morgan fingerprint density at radius 1 is 1.09 bits per heavy atom. The van der Waals surface area contributed by atoms with Gasteiger partial charge in [0.25, 0.3) is 0 Å². The second kappa shape index (κ2) is 9.56. The van der Waals surface area contributed by atoms with Crippen molar-refractivity contribution in [1.29, 1.82) is 0 Å². The Balaban J connectivity index is 1.64. The summed E-state index contributed by atoms with van der Waals surface area (Å²) < 4.78 is 34.5. The van der Waals surface area contributed by atoms with Gasteiger partial charge in [0.15, 0.2) is 0 Å². The van der Waals surface area contributed by atoms with E-state index in [0.717, 1.165) is 23.9 Å². The number of benzene rings is 1. The minimum atomic E-state index is -1.35. The highest BCUT2D eigenvalue weighted by molar-refractivity contribution is 7.99. The molecule has 2 aromatic heterocycles. The number of thioether (sulfide) groups is 1. The quantitative estimate of drug-likeness (QED) is 0.454. The molecule has 32 heavy (non-hydrogen) atoms. The second-order valence-corrected chi connectivity index (χ2v) is 8.98. The highest BCUT2D eigenvalue weighted by Crippen LogP contribution is 2.38. The minimum absolute atomic E-state index is 0.0707. The molecule has 4 unspecified atom stereocenters. The molecule has 170 valence electrons. The molecule has 0 spiro atoms. The zero-order valence-electron chi connectivity index (χ0n) is 16.0. The van der Waals surface area contributed by atoms with Gasteiger partial charge in [-0.15, -0.1) is 5.10 Å². The van der Waals surface area contributed by atoms with Crippen LogP contribution in [0.2, 0.25) is 10.0 Å². The monoisotopic (exact) mass is 504 g/mol. The molecular weight excluding hydrogens is 489 g/mol. The summed E-state index contributed by atoms with van der Waals surface area (Å²) >= 11 is 12.6. The lowest BCUT2D eigenvalue weighted by Crippen LogP contribution is -2.55. The van der Waals surface area contributed by atoms with Gasteiger partial charge >= 0.3 is 0 Å². The number of aliphatic hydroxyl groups is 3. The third kappa shape index (κ3) is 4.60. The van der Waals surface area contributed by atoms with Crippen molar-refractivity contribution in [1.82, 2.24) is 20.0 Å². The molecule has 0 bridgehead atoms. The molecule has 1 aromatic carbocycles. The fourth-order valence-electron chi connectivity index (χ4n) is 3.33. The van der Waals surface area contributed by atoms with Gasteiger partial charge in [-0.1, -0.05) is 40.2 Å². The van der Waals surface area contributed by atoms with Crippen molar-refractivity contribution < 1.29 is 28.8 Å². The number of nitrogens with zero attached hydrogens (tertiary/aromatic N) is 4. The Kier molecular flexibility index (Phi) is 6.96. The Morgan fingerprint density at radius 3 is 2.47 bits per heavy atom. The zero-order valence-corrected chi connectivity index (χ0v) is 18.3. The summed E-state index contributed by atoms with van der Waals surface area (Å²) in [6, 6.07) is 2.55. The van der Waals surface area contributed by atoms with E-state index in [9.17, 15) is 24.1 Å². The molecule has 1 aliphatic heterocycles. The predicted molar refractivity (Wildman–Crippen MR) is 112 cm³/mol. The molecule has 0 amide bonds. The Bertz CT molecular complexity index is 1100. The molecule has 1 aliphatic rings. The number of aromatic nitrogens is 4. The average molecular weight is 505 g/mol. The summed E-state index contributed by atoms with van der Waals surface area (Å²) in [5.41, 5.74) is -0.755. The van der Waals surface area contributed by atoms with Crippen molar-refractivity contribution in [2.75, 3.05) is 6.61 Å². The number of hydrogen-bond donors (Lipinski definition) is 3. The number of pyridine rings is 1. The molecule has 1 saturated heterocycles. The third-order valence-electron chi connectivity index (χ3n) is 4.88. The molecule has 3 heterocycles. The molecule has 0 aliphatic carbocycles. The highest BCUT2D eigenvalue weighted by Gasteiger charge is 2.46. The Labute approximate surface area is 194 Å². The molecule has 3 N–H and O–H groups in total. The average Bonchev–Trinajstić information content (AvgIpc) is 3.23. The summed E-state index contributed by atoms with van der Waals surface area (Å²) in [5.74, 6) is -1.93. The van der Waals surface area contributed by atoms with Crippen molar-refractivity contribution in [2.24, 2.45) is 0 Å². The van der Waals surface area contributed by atoms with Gasteiger partial charge in [-0.05, 0) is 18.2 Å². The van der Waals surface area contributed by atoms with Crippen molar-refractivity contribution in [3.05, 3.63) is 58.5 Å². The molecule has 8 nitrogen and oxygen atoms in total. The van der Waals surface area contributed by atoms with Crippen molar-refractivity contribution in [3.8, 4) is 11.3 Å². The topological polar surface area (TPSA) is 114 Å². The summed E-state index contributed by atoms with van der Waals surface area (Å²) in [7, 11) is 0. The first-order chi connectivity index (χ1) is 15.3. The van der Waals surface area contributed by atoms with E-state index in [2.05, 4.69) is 15.3 Å². The van der Waals surface area contributed by atoms with Crippen LogP contribution in [-0.4, -0.2) is 65.7 Å². The van der Waals surface area contributed by atoms with Gasteiger partial charge in [0.1, 0.15) is 52.1 Å². The van der Waals surface area contributed by atoms with Crippen LogP contribution >= 0.6 is 35.0 Å². The van der Waals surface area contributed by atoms with E-state index in [0.29, 0.717) is 9.92 Å². The Hall–Kier alpha value is -1.86. The minimum Gasteiger partial charge on any atom is -0.394 e. The van der Waals surface area contributed by atoms with Crippen molar-refractivity contribution in [2.45, 2.75) is 34.7 Å². The first kappa shape index (κ1) is 23.3. The van der Waals surface area contributed by atoms with Crippen LogP contribution in [0.5, 0.6) is 0 Å². The van der Waals surface area contributed by atoms with Gasteiger partial charge in [0, 0.05) is 22.9 Å². The maximum absolute atomic E-state index is 13.8. The molecular formula is C19H16Cl2F2N4O4S. The van der Waals surface area contributed by atoms with Crippen LogP contribution in [0.25, 0.3) is 11.3 Å². The predicted octanol–water partition coefficient (Wildman–Crippen LogP) is 2.70. The van der Waals surface area contributed by atoms with Crippen LogP contribution in [0, 0.1) is 11.6 Å². The van der Waals surface area contributed by atoms with Crippen LogP contribution in [0.3, 0.4) is 0 Å². The van der Waals surface area contributed by atoms with E-state index in [-0.39, 0.29) is 11.3 Å². The SMILES string of the molecule is OCC1OC(Sc2cncc(Cl)c2)[C@@H](O)C(n2cc(-c3cc(F)c(Cl)c(F)c3)nn2)C1O. The lowest BCUT2D eigenvalue weighted by atomic mass is 9.97. The molecule has 5 atom stereocenters. The van der Waals surface area contributed by atoms with Gasteiger partial charge in [0.2, 0.25) is 0 Å². The number of hydrogen-bond acceptors (Lipinski definition) is 8. The standard InChI is InChI=1S/C19H16Cl2F2N4O4S/c20-9-3-10(5-24-4-9)32-19-18(30)16(17(29)14(7-28)31-19)27-6-13(25-26-27)8-1-11(22)15(21)12(23)2-8/h1-6,14,16-19,28-30H,7H2/t14?,16?,17?,18-,19?/m0/s1. The first-order valence-corrected chi connectivity index (χ1v) is 10.9. The van der Waals surface area contributed by atoms with E-state index >= 15 is 0 Å². The lowest BCUT2D eigenvalue weighted by Gasteiger charge is -2.41. The number of rotatable bonds is 5. The van der Waals surface area contributed by atoms with Gasteiger partial charge in [-0.25, -0.2) is 13.5 Å². The lowest BCUT2D eigenvalue weighted by molar-refractivity contribution is -0.178. The number of halogens is 4. The summed E-state index contributed by atoms with van der Waals surface area (Å²) in [5, 5.41) is 38.8. The maximum atomic E-state index is 13.8. The number of ether oxygens (including phenoxy) is 1. The summed E-state index contributed by atoms with van der Waals surface area (Å²) in [4.78, 5) is 4.57. The zero-order chi connectivity index (χ0) is 23.0. The van der Waals surface area contributed by atoms with E-state index in [1.807, 2.05) is 0 Å². The molecule has 4 rings (SSSR count). The smallest absolute Gasteiger partial charge is 0.145 e. The van der Waals surface area contributed by atoms with E-state index in [4.69, 9.17) is 27.9 Å². The molecule has 0 radical (unpaired) electrons. The van der Waals surface area contributed by atoms with E-state index in [1.165, 1.54) is 23.3 Å². The van der Waals surface area contributed by atoms with Crippen LogP contribution < -0.4 is 0 Å². The van der Waals surface area contributed by atoms with Crippen LogP contribution in [0.15, 0.2) is 41.7 Å². The molecule has 3 aromatic rings. The largest absolute Gasteiger partial charge is 0.394 e. The fourth-order valence-corrected chi connectivity index (χ4v) is 4.76. The normalized spacial score (nSPS) is 25.8. The fraction of sp³-hybridized carbons (Fsp3) is 0.316. The Morgan fingerprint density at radius 2 is 1.81 bits per heavy atom. The molecule has 0 saturated carbocycles. The maximum Gasteiger partial charge on any atom is 0.145 e. The van der Waals surface area contributed by atoms with Gasteiger partial charge in [-0.2, -0.15) is 0 Å². The van der Waals surface area contributed by atoms with Crippen molar-refractivity contribution >= 4 is 35.0 Å². The first-order valence-electron chi connectivity index (χ1n) is 9.25. The highest BCUT2D eigenvalue weighted by atomic mass is 35.5. The van der Waals surface area contributed by atoms with Gasteiger partial charge in [-0.3, -0.25) is 4.98 Å². The second-order valence-electron chi connectivity index (χ2n) is 6.99. The van der Waals surface area contributed by atoms with Crippen LogP contribution in [0.4, 0.5) is 8.78 Å². The molecule has 1 fully saturated rings. The van der Waals surface area contributed by atoms with Crippen LogP contribution in [0.1, 0.15) is 6.04 Å². The summed E-state index contributed by atoms with van der Waals surface area (Å²) in [6.45, 7) is -0.523. The third-order valence-corrected chi connectivity index (χ3v) is 6.56. The van der Waals surface area contributed by atoms with Gasteiger partial charge in [0.05, 0.1) is 17.8 Å². The van der Waals surface area contributed by atoms with Gasteiger partial charge < -0.3 is 20.1 Å². The molecule has 13 heteroatoms.